The van der Waals surface area contributed by atoms with Crippen molar-refractivity contribution in [1.82, 2.24) is 14.1 Å². The monoisotopic (exact) mass is 1110 g/mol. The third-order valence-corrected chi connectivity index (χ3v) is 12.9. The van der Waals surface area contributed by atoms with E-state index in [0.29, 0.717) is 28.2 Å². The number of imidazole rings is 1. The molecule has 0 atom stereocenters. The second-order valence-corrected chi connectivity index (χ2v) is 17.9. The summed E-state index contributed by atoms with van der Waals surface area (Å²) in [6.45, 7) is 6.40. The van der Waals surface area contributed by atoms with Gasteiger partial charge in [0.1, 0.15) is 5.82 Å². The summed E-state index contributed by atoms with van der Waals surface area (Å²) in [5.74, 6) is 1.51. The van der Waals surface area contributed by atoms with Crippen LogP contribution in [0.25, 0.3) is 83.4 Å². The first kappa shape index (κ1) is 35.1. The Bertz CT molecular complexity index is 4340. The molecule has 3 aromatic heterocycles. The molecular weight excluding hydrogens is 1050 g/mol. The average Bonchev–Trinajstić information content (AvgIpc) is 3.43. The fraction of sp³-hybridized carbons (Fsp3) is 0.0769. The Morgan fingerprint density at radius 1 is 0.606 bits per heavy atom. The molecule has 346 valence electrons. The molecule has 5 nitrogen and oxygen atoms in total. The van der Waals surface area contributed by atoms with E-state index in [0.717, 1.165) is 56.3 Å². The van der Waals surface area contributed by atoms with Crippen LogP contribution >= 0.6 is 0 Å². The van der Waals surface area contributed by atoms with Crippen molar-refractivity contribution in [3.05, 3.63) is 259 Å². The molecule has 12 aromatic rings. The van der Waals surface area contributed by atoms with Crippen LogP contribution in [0, 0.1) is 25.4 Å². The predicted octanol–water partition coefficient (Wildman–Crippen LogP) is 15.4. The number of fused-ring (bicyclic) bond motifs is 4. The van der Waals surface area contributed by atoms with Crippen molar-refractivity contribution in [3.63, 3.8) is 0 Å². The number of para-hydroxylation sites is 2. The molecule has 0 fully saturated rings. The van der Waals surface area contributed by atoms with Crippen molar-refractivity contribution in [2.45, 2.75) is 32.6 Å². The summed E-state index contributed by atoms with van der Waals surface area (Å²) >= 11 is 0. The van der Waals surface area contributed by atoms with Crippen LogP contribution in [0.5, 0.6) is 11.5 Å². The maximum absolute atomic E-state index is 9.10. The first-order chi connectivity index (χ1) is 38.5. The van der Waals surface area contributed by atoms with Crippen LogP contribution in [0.3, 0.4) is 0 Å². The Labute approximate surface area is 443 Å². The molecule has 0 radical (unpaired) electrons. The first-order valence-electron chi connectivity index (χ1n) is 28.0. The summed E-state index contributed by atoms with van der Waals surface area (Å²) in [6.07, 6.45) is 6.11. The number of nitrogens with zero attached hydrogens (tertiary/aromatic N) is 4. The van der Waals surface area contributed by atoms with Gasteiger partial charge in [-0.15, -0.1) is 29.7 Å². The van der Waals surface area contributed by atoms with Crippen molar-refractivity contribution in [3.8, 4) is 62.1 Å². The van der Waals surface area contributed by atoms with E-state index in [2.05, 4.69) is 104 Å². The topological polar surface area (TPSA) is 35.9 Å². The van der Waals surface area contributed by atoms with Gasteiger partial charge in [0.2, 0.25) is 0 Å². The van der Waals surface area contributed by atoms with Gasteiger partial charge in [-0.05, 0) is 98.1 Å². The van der Waals surface area contributed by atoms with E-state index in [9.17, 15) is 0 Å². The average molecular weight is 1110 g/mol. The second-order valence-electron chi connectivity index (χ2n) is 17.9. The third-order valence-electron chi connectivity index (χ3n) is 12.9. The van der Waals surface area contributed by atoms with Crippen molar-refractivity contribution in [1.29, 1.82) is 0 Å². The minimum Gasteiger partial charge on any atom is -0.510 e. The summed E-state index contributed by atoms with van der Waals surface area (Å²) in [5.41, 5.74) is 8.73. The summed E-state index contributed by atoms with van der Waals surface area (Å²) in [4.78, 5) is 4.97. The molecule has 0 saturated carbocycles. The summed E-state index contributed by atoms with van der Waals surface area (Å²) in [6, 6.07) is 53.1. The number of hydrogen-bond acceptors (Lipinski definition) is 2. The molecular formula is C65H48N4OPt-2. The van der Waals surface area contributed by atoms with Gasteiger partial charge < -0.3 is 13.9 Å². The van der Waals surface area contributed by atoms with Gasteiger partial charge in [-0.2, -0.15) is 18.2 Å². The van der Waals surface area contributed by atoms with E-state index in [1.807, 2.05) is 79.9 Å². The molecule has 3 heterocycles. The van der Waals surface area contributed by atoms with Crippen molar-refractivity contribution in [2.24, 2.45) is 0 Å². The number of benzene rings is 9. The van der Waals surface area contributed by atoms with E-state index in [-0.39, 0.29) is 54.4 Å². The largest absolute Gasteiger partial charge is 0.510 e. The Kier molecular flexibility index (Phi) is 9.38. The van der Waals surface area contributed by atoms with Gasteiger partial charge in [-0.25, -0.2) is 4.98 Å². The number of pyridine rings is 1. The summed E-state index contributed by atoms with van der Waals surface area (Å²) in [5, 5.41) is 1.98. The molecule has 0 spiro atoms. The maximum Gasteiger partial charge on any atom is 0.268 e. The molecule has 0 bridgehead atoms. The van der Waals surface area contributed by atoms with Crippen LogP contribution in [-0.4, -0.2) is 14.1 Å². The zero-order valence-corrected chi connectivity index (χ0v) is 41.1. The molecule has 6 heteroatoms. The van der Waals surface area contributed by atoms with Gasteiger partial charge in [0.25, 0.3) is 6.33 Å². The molecule has 71 heavy (non-hydrogen) atoms. The molecule has 0 aliphatic carbocycles. The molecule has 0 unspecified atom stereocenters. The minimum atomic E-state index is -0.574. The fourth-order valence-electron chi connectivity index (χ4n) is 9.59. The first-order valence-corrected chi connectivity index (χ1v) is 23.0. The number of aromatic nitrogens is 4. The fourth-order valence-corrected chi connectivity index (χ4v) is 9.59. The van der Waals surface area contributed by atoms with E-state index < -0.39 is 60.4 Å². The summed E-state index contributed by atoms with van der Waals surface area (Å²) in [7, 11) is 0. The number of hydrogen-bond donors (Lipinski definition) is 0. The van der Waals surface area contributed by atoms with E-state index in [1.165, 1.54) is 5.56 Å². The van der Waals surface area contributed by atoms with Crippen LogP contribution in [-0.2, 0) is 32.9 Å². The number of ether oxygens (including phenoxy) is 1. The maximum atomic E-state index is 9.10. The molecule has 0 amide bonds. The zero-order valence-electron chi connectivity index (χ0n) is 48.8. The van der Waals surface area contributed by atoms with Crippen LogP contribution in [0.2, 0.25) is 0 Å². The Morgan fingerprint density at radius 3 is 2.01 bits per heavy atom. The van der Waals surface area contributed by atoms with Crippen LogP contribution < -0.4 is 9.30 Å². The number of aryl methyl sites for hydroxylation is 1. The van der Waals surface area contributed by atoms with Gasteiger partial charge in [-0.1, -0.05) is 189 Å². The quantitative estimate of drug-likeness (QED) is 0.0956. The van der Waals surface area contributed by atoms with Gasteiger partial charge in [0, 0.05) is 44.3 Å². The standard InChI is InChI=1S/C65H48N4O.Pt/c1-45-19-16-32-60-63(45)68(64-55(48-22-10-5-11-23-48)30-18-31-56(64)49-24-12-6-13-25-49)44-67(60)52-28-17-29-53(41-52)70-54-34-35-57-58-40-50(47-20-8-4-9-21-47)33-36-59(58)69(61(57)42-54)62-39-46(37-38-66-62)43-65(2,3)51-26-14-7-15-27-51;/h4-40H,43H2,1-3H3;/q-2;/i5D,6D,10D,11D,12D,13D,22D,23D,24D,25D;. The van der Waals surface area contributed by atoms with E-state index in [1.54, 1.807) is 33.4 Å². The SMILES string of the molecule is [2H]c1c([2H])c([2H])c(-c2cccc(-c3c([2H])c([2H])c([2H])c([2H])c3[2H])c2-[n+]2[c-]n(-c3[c-]c(Oc4[c-]c5c(cc4)c4cc(-c6ccccc6)ccc4n5-c4cc(CC(C)(C)c5ccccc5)ccn4)ccc3)c3cccc(C)c32)c([2H])c1[2H].[Pt]. The third kappa shape index (κ3) is 8.58. The molecule has 0 aliphatic heterocycles. The Balaban J connectivity index is 0.00000690. The van der Waals surface area contributed by atoms with Gasteiger partial charge in [0.05, 0.1) is 30.4 Å². The molecule has 0 N–H and O–H groups in total. The van der Waals surface area contributed by atoms with Gasteiger partial charge in [-0.3, -0.25) is 4.57 Å². The van der Waals surface area contributed by atoms with Crippen LogP contribution in [0.4, 0.5) is 0 Å². The van der Waals surface area contributed by atoms with Gasteiger partial charge in [0.15, 0.2) is 0 Å². The minimum absolute atomic E-state index is 0. The normalized spacial score (nSPS) is 13.5. The van der Waals surface area contributed by atoms with Crippen molar-refractivity contribution < 1.29 is 44.1 Å². The molecule has 0 aliphatic rings. The Hall–Kier alpha value is -8.11. The van der Waals surface area contributed by atoms with E-state index >= 15 is 0 Å². The zero-order chi connectivity index (χ0) is 55.9. The predicted molar refractivity (Wildman–Crippen MR) is 284 cm³/mol. The molecule has 9 aromatic carbocycles. The van der Waals surface area contributed by atoms with E-state index in [4.69, 9.17) is 23.4 Å². The van der Waals surface area contributed by atoms with Gasteiger partial charge >= 0.3 is 0 Å². The smallest absolute Gasteiger partial charge is 0.268 e. The number of rotatable bonds is 11. The second kappa shape index (κ2) is 19.0. The van der Waals surface area contributed by atoms with Crippen LogP contribution in [0.15, 0.2) is 224 Å². The van der Waals surface area contributed by atoms with Crippen molar-refractivity contribution >= 4 is 32.8 Å². The van der Waals surface area contributed by atoms with Crippen LogP contribution in [0.1, 0.15) is 44.2 Å². The van der Waals surface area contributed by atoms with Crippen molar-refractivity contribution in [2.75, 3.05) is 0 Å². The molecule has 12 rings (SSSR count). The summed E-state index contributed by atoms with van der Waals surface area (Å²) < 4.78 is 100.0. The molecule has 0 saturated heterocycles. The Morgan fingerprint density at radius 2 is 1.28 bits per heavy atom.